The van der Waals surface area contributed by atoms with Gasteiger partial charge in [-0.1, -0.05) is 11.8 Å². The highest BCUT2D eigenvalue weighted by Crippen LogP contribution is 2.66. The van der Waals surface area contributed by atoms with Gasteiger partial charge in [0.05, 0.1) is 19.3 Å². The van der Waals surface area contributed by atoms with Crippen molar-refractivity contribution in [3.05, 3.63) is 32.6 Å². The van der Waals surface area contributed by atoms with Crippen LogP contribution in [0.1, 0.15) is 91.9 Å². The van der Waals surface area contributed by atoms with Crippen LogP contribution in [0, 0.1) is 11.8 Å². The summed E-state index contributed by atoms with van der Waals surface area (Å²) in [4.78, 5) is 100. The van der Waals surface area contributed by atoms with Crippen molar-refractivity contribution in [1.82, 2.24) is 14.9 Å². The third-order valence-corrected chi connectivity index (χ3v) is 10.3. The number of unbranched alkanes of at least 4 members (excludes halogenated alkanes) is 2. The second kappa shape index (κ2) is 19.8. The van der Waals surface area contributed by atoms with E-state index in [0.717, 1.165) is 10.8 Å². The molecule has 55 heavy (non-hydrogen) atoms. The Morgan fingerprint density at radius 1 is 1.00 bits per heavy atom. The van der Waals surface area contributed by atoms with Crippen molar-refractivity contribution >= 4 is 41.5 Å². The topological polar surface area (TPSA) is 335 Å². The van der Waals surface area contributed by atoms with Crippen LogP contribution in [0.15, 0.2) is 15.8 Å². The molecule has 4 unspecified atom stereocenters. The summed E-state index contributed by atoms with van der Waals surface area (Å²) in [5.74, 6) is 3.96. The Balaban J connectivity index is 1.95. The molecule has 1 aliphatic heterocycles. The van der Waals surface area contributed by atoms with Gasteiger partial charge in [-0.05, 0) is 60.8 Å². The second-order valence-corrected chi connectivity index (χ2v) is 18.2. The molecule has 1 aromatic heterocycles. The average molecular weight is 850 g/mol. The van der Waals surface area contributed by atoms with Crippen molar-refractivity contribution in [2.75, 3.05) is 13.2 Å². The van der Waals surface area contributed by atoms with Crippen LogP contribution in [0.25, 0.3) is 0 Å². The Morgan fingerprint density at radius 3 is 2.24 bits per heavy atom. The molecule has 1 aliphatic rings. The predicted octanol–water partition coefficient (Wildman–Crippen LogP) is 1.61. The van der Waals surface area contributed by atoms with Gasteiger partial charge in [0, 0.05) is 25.5 Å². The molecular formula is C29H46N3O20P3. The first-order valence-electron chi connectivity index (χ1n) is 16.4. The number of carbonyl (C=O) groups excluding carboxylic acids is 3. The van der Waals surface area contributed by atoms with E-state index in [1.165, 1.54) is 0 Å². The zero-order valence-corrected chi connectivity index (χ0v) is 33.4. The SMILES string of the molecule is CC(C)(C)OC(=O)CCC(NC(=O)OC(C)(C)C)C(=O)OCCCCC#Cc1cn([C@H]2CC(O)[C@@H](COP(=O)(O)OP(=O)(O)OP(=O)(O)O)O2)c(=O)[nH]c1=O. The van der Waals surface area contributed by atoms with Gasteiger partial charge < -0.3 is 48.9 Å². The number of alkyl carbamates (subject to hydrolysis) is 1. The average Bonchev–Trinajstić information content (AvgIpc) is 3.34. The smallest absolute Gasteiger partial charge is 0.464 e. The predicted molar refractivity (Wildman–Crippen MR) is 186 cm³/mol. The Labute approximate surface area is 314 Å². The van der Waals surface area contributed by atoms with Gasteiger partial charge in [0.1, 0.15) is 35.1 Å². The van der Waals surface area contributed by atoms with Crippen LogP contribution in [-0.4, -0.2) is 94.9 Å². The number of hydrogen-bond acceptors (Lipinski definition) is 16. The lowest BCUT2D eigenvalue weighted by atomic mass is 10.1. The van der Waals surface area contributed by atoms with E-state index in [1.807, 2.05) is 4.98 Å². The van der Waals surface area contributed by atoms with E-state index in [1.54, 1.807) is 41.5 Å². The van der Waals surface area contributed by atoms with Gasteiger partial charge in [0.2, 0.25) is 0 Å². The molecule has 23 nitrogen and oxygen atoms in total. The number of esters is 2. The largest absolute Gasteiger partial charge is 0.490 e. The van der Waals surface area contributed by atoms with E-state index in [2.05, 4.69) is 30.3 Å². The van der Waals surface area contributed by atoms with E-state index in [-0.39, 0.29) is 37.9 Å². The molecule has 0 radical (unpaired) electrons. The Bertz CT molecular complexity index is 1850. The van der Waals surface area contributed by atoms with Crippen molar-refractivity contribution in [3.8, 4) is 11.8 Å². The van der Waals surface area contributed by atoms with Crippen molar-refractivity contribution in [2.45, 2.75) is 116 Å². The quantitative estimate of drug-likeness (QED) is 0.0385. The fourth-order valence-electron chi connectivity index (χ4n) is 4.40. The van der Waals surface area contributed by atoms with E-state index in [4.69, 9.17) is 28.7 Å². The summed E-state index contributed by atoms with van der Waals surface area (Å²) in [6.45, 7) is 8.93. The molecule has 26 heteroatoms. The van der Waals surface area contributed by atoms with Crippen LogP contribution in [-0.2, 0) is 55.4 Å². The van der Waals surface area contributed by atoms with Crippen LogP contribution in [0.4, 0.5) is 4.79 Å². The van der Waals surface area contributed by atoms with Crippen LogP contribution in [0.2, 0.25) is 0 Å². The van der Waals surface area contributed by atoms with Crippen molar-refractivity contribution in [3.63, 3.8) is 0 Å². The lowest BCUT2D eigenvalue weighted by Crippen LogP contribution is -2.44. The van der Waals surface area contributed by atoms with Crippen molar-refractivity contribution < 1.29 is 84.9 Å². The summed E-state index contributed by atoms with van der Waals surface area (Å²) in [6.07, 6.45) is -3.68. The van der Waals surface area contributed by atoms with Gasteiger partial charge in [-0.2, -0.15) is 8.62 Å². The molecule has 312 valence electrons. The number of aromatic nitrogens is 2. The number of nitrogens with zero attached hydrogens (tertiary/aromatic N) is 1. The van der Waals surface area contributed by atoms with E-state index < -0.39 is 95.0 Å². The standard InChI is InChI=1S/C29H46N3O20P3/c1-28(2,3)49-23(34)13-12-19(30-27(38)50-29(4,5)6)25(36)46-14-10-8-7-9-11-18-16-32(26(37)31-24(18)35)22-15-20(33)21(48-22)17-47-54(42,43)52-55(44,45)51-53(39,40)41/h16,19-22,33H,7-8,10,12-15,17H2,1-6H3,(H,30,38)(H,42,43)(H,44,45)(H,31,35,37)(H2,39,40,41)/t19?,20?,21-,22-/m1/s1. The van der Waals surface area contributed by atoms with Crippen LogP contribution in [0.3, 0.4) is 0 Å². The van der Waals surface area contributed by atoms with Crippen LogP contribution in [0.5, 0.6) is 0 Å². The Kier molecular flexibility index (Phi) is 17.2. The molecule has 0 aliphatic carbocycles. The molecule has 2 heterocycles. The van der Waals surface area contributed by atoms with E-state index >= 15 is 0 Å². The third-order valence-electron chi connectivity index (χ3n) is 6.50. The summed E-state index contributed by atoms with van der Waals surface area (Å²) >= 11 is 0. The first-order valence-corrected chi connectivity index (χ1v) is 20.9. The maximum atomic E-state index is 12.8. The number of aromatic amines is 1. The Morgan fingerprint density at radius 2 is 1.64 bits per heavy atom. The number of aliphatic hydroxyl groups excluding tert-OH is 1. The molecule has 7 N–H and O–H groups in total. The zero-order valence-electron chi connectivity index (χ0n) is 30.7. The van der Waals surface area contributed by atoms with Gasteiger partial charge in [-0.3, -0.25) is 23.7 Å². The van der Waals surface area contributed by atoms with Crippen LogP contribution >= 0.6 is 23.5 Å². The highest BCUT2D eigenvalue weighted by atomic mass is 31.3. The molecule has 0 bridgehead atoms. The number of aliphatic hydroxyl groups is 1. The number of hydrogen-bond donors (Lipinski definition) is 7. The molecule has 6 atom stereocenters. The zero-order chi connectivity index (χ0) is 42.0. The molecule has 1 saturated heterocycles. The molecule has 1 aromatic rings. The summed E-state index contributed by atoms with van der Waals surface area (Å²) < 4.78 is 68.1. The second-order valence-electron chi connectivity index (χ2n) is 13.8. The number of carbonyl (C=O) groups is 3. The first kappa shape index (κ1) is 47.9. The lowest BCUT2D eigenvalue weighted by Gasteiger charge is -2.23. The van der Waals surface area contributed by atoms with Gasteiger partial charge in [0.15, 0.2) is 0 Å². The van der Waals surface area contributed by atoms with Crippen molar-refractivity contribution in [1.29, 1.82) is 0 Å². The maximum absolute atomic E-state index is 12.8. The van der Waals surface area contributed by atoms with Gasteiger partial charge >= 0.3 is 47.2 Å². The number of phosphoric acid groups is 3. The number of ether oxygens (including phenoxy) is 4. The summed E-state index contributed by atoms with van der Waals surface area (Å²) in [6, 6.07) is -1.20. The highest BCUT2D eigenvalue weighted by molar-refractivity contribution is 7.66. The summed E-state index contributed by atoms with van der Waals surface area (Å²) in [5.41, 5.74) is -3.58. The molecule has 1 amide bonds. The molecule has 2 rings (SSSR count). The summed E-state index contributed by atoms with van der Waals surface area (Å²) in [5, 5.41) is 12.8. The van der Waals surface area contributed by atoms with Crippen molar-refractivity contribution in [2.24, 2.45) is 0 Å². The maximum Gasteiger partial charge on any atom is 0.490 e. The minimum Gasteiger partial charge on any atom is -0.464 e. The van der Waals surface area contributed by atoms with Crippen LogP contribution < -0.4 is 16.6 Å². The Hall–Kier alpha value is -3.22. The minimum absolute atomic E-state index is 0.0739. The lowest BCUT2D eigenvalue weighted by molar-refractivity contribution is -0.155. The number of phosphoric ester groups is 1. The minimum atomic E-state index is -5.78. The normalized spacial score (nSPS) is 20.2. The fraction of sp³-hybridized carbons (Fsp3) is 0.690. The molecule has 0 spiro atoms. The van der Waals surface area contributed by atoms with Gasteiger partial charge in [-0.15, -0.1) is 0 Å². The van der Waals surface area contributed by atoms with E-state index in [0.29, 0.717) is 12.8 Å². The number of rotatable bonds is 17. The third kappa shape index (κ3) is 19.0. The number of nitrogens with one attached hydrogen (secondary N) is 2. The summed E-state index contributed by atoms with van der Waals surface area (Å²) in [7, 11) is -16.9. The molecular weight excluding hydrogens is 803 g/mol. The monoisotopic (exact) mass is 849 g/mol. The fourth-order valence-corrected chi connectivity index (χ4v) is 7.42. The number of H-pyrrole nitrogens is 1. The first-order chi connectivity index (χ1) is 25.0. The van der Waals surface area contributed by atoms with Gasteiger partial charge in [0.25, 0.3) is 5.56 Å². The van der Waals surface area contributed by atoms with E-state index in [9.17, 15) is 52.6 Å². The highest BCUT2D eigenvalue weighted by Gasteiger charge is 2.43. The van der Waals surface area contributed by atoms with Gasteiger partial charge in [-0.25, -0.2) is 28.1 Å². The molecule has 1 fully saturated rings. The molecule has 0 saturated carbocycles. The number of amides is 1. The molecule has 0 aromatic carbocycles.